The van der Waals surface area contributed by atoms with Crippen LogP contribution in [0, 0.1) is 5.41 Å². The van der Waals surface area contributed by atoms with E-state index < -0.39 is 0 Å². The van der Waals surface area contributed by atoms with Crippen LogP contribution >= 0.6 is 23.2 Å². The van der Waals surface area contributed by atoms with E-state index in [-0.39, 0.29) is 60.6 Å². The van der Waals surface area contributed by atoms with Crippen LogP contribution in [0.1, 0.15) is 57.2 Å². The molecule has 9 N–H and O–H groups in total. The second-order valence-corrected chi connectivity index (χ2v) is 23.5. The van der Waals surface area contributed by atoms with Crippen LogP contribution in [0.25, 0.3) is 44.3 Å². The van der Waals surface area contributed by atoms with E-state index in [2.05, 4.69) is 35.6 Å². The number of likely N-dealkylation sites (N-methyl/N-ethyl adjacent to an activating group) is 1. The number of fused-ring (bicyclic) bond motifs is 2. The topological polar surface area (TPSA) is 372 Å². The highest BCUT2D eigenvalue weighted by molar-refractivity contribution is 6.31. The van der Waals surface area contributed by atoms with Crippen molar-refractivity contribution in [3.8, 4) is 34.0 Å². The summed E-state index contributed by atoms with van der Waals surface area (Å²) in [6.45, 7) is 9.46. The van der Waals surface area contributed by atoms with Crippen molar-refractivity contribution >= 4 is 86.1 Å². The Hall–Kier alpha value is -7.68. The molecule has 30 heteroatoms. The maximum absolute atomic E-state index is 12.4. The molecule has 2 amide bonds. The second kappa shape index (κ2) is 49.0. The molecular weight excluding hydrogens is 1340 g/mol. The van der Waals surface area contributed by atoms with Crippen LogP contribution in [0.3, 0.4) is 0 Å². The molecule has 2 heterocycles. The first-order valence-electron chi connectivity index (χ1n) is 33.5. The number of aromatic nitrogens is 4. The van der Waals surface area contributed by atoms with Crippen molar-refractivity contribution in [3.63, 3.8) is 0 Å². The van der Waals surface area contributed by atoms with Gasteiger partial charge in [0.05, 0.1) is 153 Å². The molecule has 0 radical (unpaired) electrons. The number of halogens is 2. The summed E-state index contributed by atoms with van der Waals surface area (Å²) in [7, 11) is 1.68. The van der Waals surface area contributed by atoms with E-state index in [1.165, 1.54) is 0 Å². The van der Waals surface area contributed by atoms with Crippen molar-refractivity contribution in [2.24, 2.45) is 22.2 Å². The molecule has 2 aromatic heterocycles. The highest BCUT2D eigenvalue weighted by Gasteiger charge is 2.16. The summed E-state index contributed by atoms with van der Waals surface area (Å²) in [6.07, 6.45) is 4.40. The number of nitrogens with zero attached hydrogens (tertiary/aromatic N) is 6. The monoisotopic (exact) mass is 1430 g/mol. The minimum absolute atomic E-state index is 0.0168. The summed E-state index contributed by atoms with van der Waals surface area (Å²) in [5, 5.41) is 15.9. The molecule has 0 saturated heterocycles. The van der Waals surface area contributed by atoms with Crippen LogP contribution in [0.15, 0.2) is 89.9 Å². The summed E-state index contributed by atoms with van der Waals surface area (Å²) in [4.78, 5) is 73.0. The Balaban J connectivity index is 0.609. The van der Waals surface area contributed by atoms with Crippen LogP contribution < -0.4 is 37.3 Å². The van der Waals surface area contributed by atoms with E-state index in [4.69, 9.17) is 103 Å². The third-order valence-corrected chi connectivity index (χ3v) is 14.8. The van der Waals surface area contributed by atoms with Gasteiger partial charge in [-0.1, -0.05) is 23.2 Å². The van der Waals surface area contributed by atoms with Crippen molar-refractivity contribution in [2.75, 3.05) is 179 Å². The quantitative estimate of drug-likeness (QED) is 0.0132. The molecule has 4 aromatic carbocycles. The van der Waals surface area contributed by atoms with E-state index in [1.54, 1.807) is 36.2 Å². The lowest BCUT2D eigenvalue weighted by atomic mass is 10.1. The van der Waals surface area contributed by atoms with Crippen molar-refractivity contribution < 1.29 is 76.0 Å². The standard InChI is InChI=1S/C70H96Cl2N12O16/c1-84(49-65(87)77-22-28-93-34-30-89-24-2-6-55(85)8-4-26-91-32-36-95-38-40-97-42-44-99-57-16-10-51(11-17-57)67-59-46-53(71)14-20-61(59)79-64(81-67)48-63(73)74)50-66(88)78-23-29-94-35-31-90-25-3-7-56(86)9-5-27-92-33-37-96-39-41-98-43-45-100-58-18-12-52(13-19-58)68-60-47-54(72)15-21-62(60)80-70(82-68)83-69(75)76/h10-21,46-47H,2-9,22-45,48-50H2,1H3,(H3,73,74)(H,77,87)(H,78,88)(H4,75,76,80,82,83). The third kappa shape index (κ3) is 34.6. The summed E-state index contributed by atoms with van der Waals surface area (Å²) in [5.74, 6) is 1.66. The van der Waals surface area contributed by atoms with Gasteiger partial charge >= 0.3 is 0 Å². The van der Waals surface area contributed by atoms with Crippen LogP contribution in [0.5, 0.6) is 11.5 Å². The Morgan fingerprint density at radius 1 is 0.450 bits per heavy atom. The number of carbonyl (C=O) groups excluding carboxylic acids is 4. The number of Topliss-reactive ketones (excluding diaryl/α,β-unsaturated/α-hetero) is 2. The molecule has 0 aliphatic rings. The summed E-state index contributed by atoms with van der Waals surface area (Å²) < 4.78 is 67.5. The van der Waals surface area contributed by atoms with Gasteiger partial charge in [-0.2, -0.15) is 4.99 Å². The fourth-order valence-corrected chi connectivity index (χ4v) is 9.94. The van der Waals surface area contributed by atoms with Crippen LogP contribution in [-0.4, -0.2) is 239 Å². The van der Waals surface area contributed by atoms with Gasteiger partial charge in [0, 0.05) is 97.1 Å². The van der Waals surface area contributed by atoms with Crippen molar-refractivity contribution in [1.82, 2.24) is 35.5 Å². The molecule has 0 aliphatic heterocycles. The van der Waals surface area contributed by atoms with Gasteiger partial charge in [-0.25, -0.2) is 19.9 Å². The fourth-order valence-electron chi connectivity index (χ4n) is 9.59. The number of nitrogens with two attached hydrogens (primary N) is 3. The van der Waals surface area contributed by atoms with Crippen LogP contribution in [0.2, 0.25) is 10.0 Å². The number of amidine groups is 1. The Kier molecular flexibility index (Phi) is 39.8. The van der Waals surface area contributed by atoms with Gasteiger partial charge in [-0.05, 0) is 118 Å². The second-order valence-electron chi connectivity index (χ2n) is 22.7. The third-order valence-electron chi connectivity index (χ3n) is 14.3. The number of carbonyl (C=O) groups is 4. The number of ketones is 2. The van der Waals surface area contributed by atoms with E-state index in [0.717, 1.165) is 27.4 Å². The number of hydrogen-bond donors (Lipinski definition) is 6. The largest absolute Gasteiger partial charge is 0.491 e. The van der Waals surface area contributed by atoms with Gasteiger partial charge in [-0.15, -0.1) is 0 Å². The number of amides is 2. The van der Waals surface area contributed by atoms with Gasteiger partial charge in [-0.3, -0.25) is 29.5 Å². The lowest BCUT2D eigenvalue weighted by molar-refractivity contribution is -0.125. The minimum atomic E-state index is -0.231. The normalized spacial score (nSPS) is 11.4. The summed E-state index contributed by atoms with van der Waals surface area (Å²) in [6, 6.07) is 25.7. The Morgan fingerprint density at radius 3 is 1.18 bits per heavy atom. The molecule has 0 saturated carbocycles. The number of guanidine groups is 1. The number of benzene rings is 4. The number of ether oxygens (including phenoxy) is 12. The van der Waals surface area contributed by atoms with E-state index >= 15 is 0 Å². The smallest absolute Gasteiger partial charge is 0.253 e. The van der Waals surface area contributed by atoms with Gasteiger partial charge in [0.2, 0.25) is 11.8 Å². The Bertz CT molecular complexity index is 3430. The molecule has 0 unspecified atom stereocenters. The fraction of sp³-hybridized carbons (Fsp3) is 0.514. The minimum Gasteiger partial charge on any atom is -0.491 e. The van der Waals surface area contributed by atoms with Gasteiger partial charge in [0.15, 0.2) is 5.96 Å². The molecule has 6 rings (SSSR count). The molecular formula is C70H96Cl2N12O16. The molecule has 6 aromatic rings. The molecule has 546 valence electrons. The van der Waals surface area contributed by atoms with Gasteiger partial charge in [0.25, 0.3) is 5.95 Å². The first-order valence-corrected chi connectivity index (χ1v) is 34.3. The predicted molar refractivity (Wildman–Crippen MR) is 381 cm³/mol. The molecule has 0 bridgehead atoms. The first-order chi connectivity index (χ1) is 48.7. The number of nitrogens with one attached hydrogen (secondary N) is 3. The van der Waals surface area contributed by atoms with Crippen molar-refractivity contribution in [1.29, 1.82) is 5.41 Å². The average molecular weight is 1430 g/mol. The SMILES string of the molecule is CN(CC(=O)NCCOCCOCCCC(=O)CCCOCCOCCOCCOc1ccc(-c2nc(CC(=N)N)nc3ccc(Cl)cc23)cc1)CC(=O)NCCOCCOCCCC(=O)CCCOCCOCCOCCOc1ccc(-c2nc(N=C(N)N)nc3ccc(Cl)cc23)cc1. The lowest BCUT2D eigenvalue weighted by Gasteiger charge is -2.16. The molecule has 100 heavy (non-hydrogen) atoms. The lowest BCUT2D eigenvalue weighted by Crippen LogP contribution is -2.42. The highest BCUT2D eigenvalue weighted by Crippen LogP contribution is 2.32. The predicted octanol–water partition coefficient (Wildman–Crippen LogP) is 6.64. The van der Waals surface area contributed by atoms with Crippen molar-refractivity contribution in [2.45, 2.75) is 57.8 Å². The van der Waals surface area contributed by atoms with Gasteiger partial charge in [0.1, 0.15) is 42.1 Å². The van der Waals surface area contributed by atoms with E-state index in [9.17, 15) is 19.2 Å². The molecule has 0 spiro atoms. The number of aliphatic imine (C=N–C) groups is 1. The summed E-state index contributed by atoms with van der Waals surface area (Å²) >= 11 is 12.5. The zero-order valence-corrected chi connectivity index (χ0v) is 58.5. The highest BCUT2D eigenvalue weighted by atomic mass is 35.5. The average Bonchev–Trinajstić information content (AvgIpc) is 0.795. The van der Waals surface area contributed by atoms with E-state index in [0.29, 0.717) is 254 Å². The maximum atomic E-state index is 12.4. The Labute approximate surface area is 593 Å². The molecule has 0 aliphatic carbocycles. The number of hydrogen-bond acceptors (Lipinski definition) is 23. The van der Waals surface area contributed by atoms with E-state index in [1.807, 2.05) is 60.7 Å². The molecule has 28 nitrogen and oxygen atoms in total. The molecule has 0 fully saturated rings. The summed E-state index contributed by atoms with van der Waals surface area (Å²) in [5.41, 5.74) is 21.1. The maximum Gasteiger partial charge on any atom is 0.253 e. The molecule has 0 atom stereocenters. The zero-order valence-electron chi connectivity index (χ0n) is 57.0. The Morgan fingerprint density at radius 2 is 0.800 bits per heavy atom. The first kappa shape index (κ1) is 81.3. The number of rotatable bonds is 57. The van der Waals surface area contributed by atoms with Crippen molar-refractivity contribution in [3.05, 3.63) is 101 Å². The van der Waals surface area contributed by atoms with Crippen LogP contribution in [0.4, 0.5) is 5.95 Å². The van der Waals surface area contributed by atoms with Crippen LogP contribution in [-0.2, 0) is 73.0 Å². The zero-order chi connectivity index (χ0) is 71.2. The van der Waals surface area contributed by atoms with Gasteiger partial charge < -0.3 is 84.7 Å².